The first-order chi connectivity index (χ1) is 17.2. The normalized spacial score (nSPS) is 24.3. The Kier molecular flexibility index (Phi) is 8.44. The van der Waals surface area contributed by atoms with E-state index in [1.807, 2.05) is 24.4 Å². The zero-order valence-electron chi connectivity index (χ0n) is 21.6. The average molecular weight is 517 g/mol. The Bertz CT molecular complexity index is 1030. The second-order valence-corrected chi connectivity index (χ2v) is 10.8. The van der Waals surface area contributed by atoms with E-state index in [9.17, 15) is 9.90 Å². The molecule has 4 heterocycles. The third-order valence-electron chi connectivity index (χ3n) is 7.39. The third-order valence-corrected chi connectivity index (χ3v) is 7.68. The molecule has 4 atom stereocenters. The van der Waals surface area contributed by atoms with Gasteiger partial charge in [-0.25, -0.2) is 9.97 Å². The number of aromatic nitrogens is 2. The number of carbonyl (C=O) groups is 1. The summed E-state index contributed by atoms with van der Waals surface area (Å²) in [6.07, 6.45) is 6.52. The highest BCUT2D eigenvalue weighted by Crippen LogP contribution is 2.36. The van der Waals surface area contributed by atoms with Gasteiger partial charge < -0.3 is 24.4 Å². The van der Waals surface area contributed by atoms with Gasteiger partial charge in [0.1, 0.15) is 6.10 Å². The highest BCUT2D eigenvalue weighted by molar-refractivity contribution is 6.33. The van der Waals surface area contributed by atoms with Gasteiger partial charge in [-0.3, -0.25) is 4.79 Å². The second-order valence-electron chi connectivity index (χ2n) is 10.4. The number of anilines is 2. The highest BCUT2D eigenvalue weighted by atomic mass is 35.5. The Labute approximate surface area is 218 Å². The summed E-state index contributed by atoms with van der Waals surface area (Å²) in [5.74, 6) is 1.58. The van der Waals surface area contributed by atoms with Crippen LogP contribution in [0.4, 0.5) is 11.4 Å². The quantitative estimate of drug-likeness (QED) is 0.489. The molecule has 0 spiro atoms. The fourth-order valence-electron chi connectivity index (χ4n) is 5.57. The molecule has 36 heavy (non-hydrogen) atoms. The summed E-state index contributed by atoms with van der Waals surface area (Å²) < 4.78 is 11.7. The number of hydrogen-bond acceptors (Lipinski definition) is 7. The van der Waals surface area contributed by atoms with E-state index in [0.29, 0.717) is 34.5 Å². The van der Waals surface area contributed by atoms with E-state index in [-0.39, 0.29) is 18.6 Å². The maximum atomic E-state index is 11.3. The lowest BCUT2D eigenvalue weighted by Gasteiger charge is -2.40. The fourth-order valence-corrected chi connectivity index (χ4v) is 5.79. The number of methoxy groups -OCH3 is 1. The number of nitrogens with zero attached hydrogens (tertiary/aromatic N) is 4. The summed E-state index contributed by atoms with van der Waals surface area (Å²) >= 11 is 6.48. The number of halogens is 1. The molecule has 0 aliphatic carbocycles. The molecule has 0 aromatic carbocycles. The zero-order chi connectivity index (χ0) is 25.8. The lowest BCUT2D eigenvalue weighted by molar-refractivity contribution is -0.137. The number of ether oxygens (including phenoxy) is 2. The van der Waals surface area contributed by atoms with Crippen molar-refractivity contribution in [3.8, 4) is 11.8 Å². The molecule has 2 aromatic rings. The fraction of sp³-hybridized carbons (Fsp3) is 0.593. The van der Waals surface area contributed by atoms with E-state index < -0.39 is 5.97 Å². The van der Waals surface area contributed by atoms with Gasteiger partial charge in [-0.15, -0.1) is 0 Å². The van der Waals surface area contributed by atoms with Crippen molar-refractivity contribution in [2.24, 2.45) is 17.8 Å². The number of hydrogen-bond donors (Lipinski definition) is 1. The van der Waals surface area contributed by atoms with Gasteiger partial charge in [0.2, 0.25) is 11.8 Å². The van der Waals surface area contributed by atoms with Gasteiger partial charge in [0.05, 0.1) is 42.3 Å². The van der Waals surface area contributed by atoms with Crippen LogP contribution < -0.4 is 19.3 Å². The second kappa shape index (κ2) is 11.5. The molecule has 0 bridgehead atoms. The van der Waals surface area contributed by atoms with Gasteiger partial charge in [-0.2, -0.15) is 0 Å². The van der Waals surface area contributed by atoms with E-state index in [1.54, 1.807) is 13.3 Å². The van der Waals surface area contributed by atoms with Crippen LogP contribution in [0.25, 0.3) is 0 Å². The van der Waals surface area contributed by atoms with Crippen LogP contribution in [-0.2, 0) is 4.79 Å². The van der Waals surface area contributed by atoms with Crippen LogP contribution in [0.5, 0.6) is 11.8 Å². The summed E-state index contributed by atoms with van der Waals surface area (Å²) in [5, 5.41) is 9.94. The molecule has 2 aromatic heterocycles. The van der Waals surface area contributed by atoms with Gasteiger partial charge in [0, 0.05) is 50.1 Å². The van der Waals surface area contributed by atoms with Crippen LogP contribution in [0.2, 0.25) is 5.02 Å². The van der Waals surface area contributed by atoms with Crippen LogP contribution in [-0.4, -0.2) is 59.9 Å². The van der Waals surface area contributed by atoms with Crippen molar-refractivity contribution in [3.63, 3.8) is 0 Å². The minimum Gasteiger partial charge on any atom is -0.481 e. The van der Waals surface area contributed by atoms with Crippen molar-refractivity contribution >= 4 is 28.9 Å². The Balaban J connectivity index is 1.45. The van der Waals surface area contributed by atoms with E-state index in [2.05, 4.69) is 40.5 Å². The van der Waals surface area contributed by atoms with Crippen LogP contribution in [0.3, 0.4) is 0 Å². The van der Waals surface area contributed by atoms with E-state index in [1.165, 1.54) is 0 Å². The molecule has 2 aliphatic heterocycles. The molecule has 2 aliphatic rings. The van der Waals surface area contributed by atoms with E-state index >= 15 is 0 Å². The van der Waals surface area contributed by atoms with Crippen LogP contribution in [0.15, 0.2) is 30.6 Å². The smallest absolute Gasteiger partial charge is 0.305 e. The molecule has 2 fully saturated rings. The summed E-state index contributed by atoms with van der Waals surface area (Å²) in [6, 6.07) is 5.81. The molecule has 0 amide bonds. The molecule has 2 unspecified atom stereocenters. The van der Waals surface area contributed by atoms with Gasteiger partial charge in [-0.1, -0.05) is 32.4 Å². The Hall–Kier alpha value is -2.74. The first kappa shape index (κ1) is 26.3. The first-order valence-corrected chi connectivity index (χ1v) is 13.2. The molecular formula is C27H37ClN4O4. The molecule has 8 nitrogen and oxygen atoms in total. The van der Waals surface area contributed by atoms with Crippen molar-refractivity contribution < 1.29 is 19.4 Å². The molecule has 196 valence electrons. The molecule has 1 N–H and O–H groups in total. The Morgan fingerprint density at radius 2 is 1.97 bits per heavy atom. The Morgan fingerprint density at radius 1 is 1.19 bits per heavy atom. The van der Waals surface area contributed by atoms with E-state index in [0.717, 1.165) is 50.3 Å². The maximum absolute atomic E-state index is 11.3. The number of carboxylic acid groups (broad SMARTS) is 1. The number of rotatable bonds is 9. The van der Waals surface area contributed by atoms with Crippen molar-refractivity contribution in [2.45, 2.75) is 58.6 Å². The minimum atomic E-state index is -0.763. The zero-order valence-corrected chi connectivity index (χ0v) is 22.3. The lowest BCUT2D eigenvalue weighted by Crippen LogP contribution is -2.46. The third kappa shape index (κ3) is 6.14. The number of carboxylic acids is 1. The van der Waals surface area contributed by atoms with Gasteiger partial charge >= 0.3 is 5.97 Å². The molecule has 9 heteroatoms. The van der Waals surface area contributed by atoms with Crippen LogP contribution in [0, 0.1) is 17.8 Å². The SMILES string of the molecule is COc1cc(N2CCC(Oc3ccc(N4CC[C@@H](C)[C@@H]4CC(=O)O)cn3)C(CC(C)C)C2)c(Cl)cn1. The maximum Gasteiger partial charge on any atom is 0.305 e. The first-order valence-electron chi connectivity index (χ1n) is 12.8. The minimum absolute atomic E-state index is 0.00514. The summed E-state index contributed by atoms with van der Waals surface area (Å²) in [7, 11) is 1.61. The largest absolute Gasteiger partial charge is 0.481 e. The van der Waals surface area contributed by atoms with Gasteiger partial charge in [0.15, 0.2) is 0 Å². The van der Waals surface area contributed by atoms with Crippen molar-refractivity contribution in [1.29, 1.82) is 0 Å². The molecule has 0 saturated carbocycles. The van der Waals surface area contributed by atoms with Gasteiger partial charge in [-0.05, 0) is 30.7 Å². The lowest BCUT2D eigenvalue weighted by atomic mass is 9.87. The molecule has 0 radical (unpaired) electrons. The highest BCUT2D eigenvalue weighted by Gasteiger charge is 2.34. The predicted molar refractivity (Wildman–Crippen MR) is 141 cm³/mol. The number of aliphatic carboxylic acids is 1. The summed E-state index contributed by atoms with van der Waals surface area (Å²) in [6.45, 7) is 9.07. The average Bonchev–Trinajstić information content (AvgIpc) is 3.20. The summed E-state index contributed by atoms with van der Waals surface area (Å²) in [4.78, 5) is 24.6. The monoisotopic (exact) mass is 516 g/mol. The standard InChI is InChI=1S/C27H37ClN4O4/c1-17(2)11-19-16-31(23-12-26(35-4)30-15-21(23)28)9-8-24(19)36-25-6-5-20(14-29-25)32-10-7-18(3)22(32)13-27(33)34/h5-6,12,14-15,17-19,22,24H,7-11,13,16H2,1-4H3,(H,33,34)/t18-,19?,22+,24?/m1/s1. The van der Waals surface area contributed by atoms with Crippen molar-refractivity contribution in [1.82, 2.24) is 9.97 Å². The van der Waals surface area contributed by atoms with Crippen LogP contribution >= 0.6 is 11.6 Å². The van der Waals surface area contributed by atoms with Crippen molar-refractivity contribution in [3.05, 3.63) is 35.6 Å². The molecule has 2 saturated heterocycles. The summed E-state index contributed by atoms with van der Waals surface area (Å²) in [5.41, 5.74) is 1.89. The number of pyridine rings is 2. The number of piperidine rings is 1. The van der Waals surface area contributed by atoms with Crippen LogP contribution in [0.1, 0.15) is 46.5 Å². The van der Waals surface area contributed by atoms with E-state index in [4.69, 9.17) is 21.1 Å². The van der Waals surface area contributed by atoms with Crippen molar-refractivity contribution in [2.75, 3.05) is 36.5 Å². The molecule has 4 rings (SSSR count). The van der Waals surface area contributed by atoms with Gasteiger partial charge in [0.25, 0.3) is 0 Å². The Morgan fingerprint density at radius 3 is 2.64 bits per heavy atom. The molecular weight excluding hydrogens is 480 g/mol. The topological polar surface area (TPSA) is 88.0 Å². The predicted octanol–water partition coefficient (Wildman–Crippen LogP) is 5.15.